The van der Waals surface area contributed by atoms with Crippen LogP contribution in [0.15, 0.2) is 0 Å². The molecule has 13 heavy (non-hydrogen) atoms. The molecule has 2 N–H and O–H groups in total. The Bertz CT molecular complexity index is 160. The molecular weight excluding hydrogens is 186 g/mol. The van der Waals surface area contributed by atoms with Crippen molar-refractivity contribution in [1.82, 2.24) is 5.32 Å². The van der Waals surface area contributed by atoms with Crippen molar-refractivity contribution in [2.45, 2.75) is 20.8 Å². The van der Waals surface area contributed by atoms with Crippen LogP contribution < -0.4 is 5.32 Å². The van der Waals surface area contributed by atoms with Gasteiger partial charge in [-0.05, 0) is 0 Å². The summed E-state index contributed by atoms with van der Waals surface area (Å²) in [5, 5.41) is 12.1. The van der Waals surface area contributed by atoms with Crippen LogP contribution in [0.1, 0.15) is 20.8 Å². The highest BCUT2D eigenvalue weighted by Crippen LogP contribution is 2.10. The summed E-state index contributed by atoms with van der Waals surface area (Å²) in [7, 11) is -0.682. The molecule has 0 bridgehead atoms. The molecule has 0 aromatic rings. The van der Waals surface area contributed by atoms with Crippen molar-refractivity contribution in [2.75, 3.05) is 31.2 Å². The van der Waals surface area contributed by atoms with Crippen LogP contribution in [0.4, 0.5) is 0 Å². The van der Waals surface area contributed by atoms with Crippen LogP contribution >= 0.6 is 0 Å². The summed E-state index contributed by atoms with van der Waals surface area (Å²) in [4.78, 5) is 0. The zero-order valence-electron chi connectivity index (χ0n) is 8.80. The molecular formula is C9H21NO2S. The molecule has 3 nitrogen and oxygen atoms in total. The van der Waals surface area contributed by atoms with Gasteiger partial charge >= 0.3 is 0 Å². The van der Waals surface area contributed by atoms with Crippen LogP contribution in [0.2, 0.25) is 0 Å². The van der Waals surface area contributed by atoms with Crippen molar-refractivity contribution in [3.05, 3.63) is 0 Å². The van der Waals surface area contributed by atoms with Crippen LogP contribution in [-0.2, 0) is 10.8 Å². The van der Waals surface area contributed by atoms with Gasteiger partial charge in [0.1, 0.15) is 0 Å². The van der Waals surface area contributed by atoms with Crippen LogP contribution in [0.5, 0.6) is 0 Å². The summed E-state index contributed by atoms with van der Waals surface area (Å²) >= 11 is 0. The van der Waals surface area contributed by atoms with E-state index < -0.39 is 10.8 Å². The second-order valence-electron chi connectivity index (χ2n) is 3.93. The SMILES string of the molecule is CCS(=O)CCNCC(C)(C)CO. The number of hydrogen-bond donors (Lipinski definition) is 2. The number of hydrogen-bond acceptors (Lipinski definition) is 3. The largest absolute Gasteiger partial charge is 0.396 e. The molecule has 0 saturated carbocycles. The lowest BCUT2D eigenvalue weighted by Crippen LogP contribution is -2.34. The number of aliphatic hydroxyl groups is 1. The quantitative estimate of drug-likeness (QED) is 0.593. The smallest absolute Gasteiger partial charge is 0.0494 e. The van der Waals surface area contributed by atoms with Gasteiger partial charge in [-0.1, -0.05) is 20.8 Å². The Kier molecular flexibility index (Phi) is 6.55. The molecule has 1 unspecified atom stereocenters. The Morgan fingerprint density at radius 3 is 2.54 bits per heavy atom. The molecule has 0 fully saturated rings. The van der Waals surface area contributed by atoms with Crippen LogP contribution in [-0.4, -0.2) is 40.5 Å². The molecule has 0 aliphatic carbocycles. The third-order valence-electron chi connectivity index (χ3n) is 1.86. The van der Waals surface area contributed by atoms with Crippen molar-refractivity contribution in [2.24, 2.45) is 5.41 Å². The van der Waals surface area contributed by atoms with Gasteiger partial charge in [0.2, 0.25) is 0 Å². The van der Waals surface area contributed by atoms with E-state index in [0.717, 1.165) is 18.8 Å². The molecule has 0 heterocycles. The first-order valence-corrected chi connectivity index (χ1v) is 6.17. The fourth-order valence-corrected chi connectivity index (χ4v) is 1.47. The second-order valence-corrected chi connectivity index (χ2v) is 5.80. The molecule has 80 valence electrons. The molecule has 0 radical (unpaired) electrons. The molecule has 0 aromatic heterocycles. The van der Waals surface area contributed by atoms with Gasteiger partial charge in [-0.15, -0.1) is 0 Å². The standard InChI is InChI=1S/C9H21NO2S/c1-4-13(12)6-5-10-7-9(2,3)8-11/h10-11H,4-8H2,1-3H3. The second kappa shape index (κ2) is 6.51. The summed E-state index contributed by atoms with van der Waals surface area (Å²) in [5.41, 5.74) is -0.0757. The molecule has 0 aliphatic rings. The van der Waals surface area contributed by atoms with E-state index in [1.165, 1.54) is 0 Å². The van der Waals surface area contributed by atoms with E-state index in [-0.39, 0.29) is 12.0 Å². The van der Waals surface area contributed by atoms with E-state index in [0.29, 0.717) is 5.75 Å². The molecule has 0 aromatic carbocycles. The van der Waals surface area contributed by atoms with Crippen molar-refractivity contribution in [1.29, 1.82) is 0 Å². The highest BCUT2D eigenvalue weighted by Gasteiger charge is 2.15. The van der Waals surface area contributed by atoms with Gasteiger partial charge in [0.05, 0.1) is 0 Å². The normalized spacial score (nSPS) is 14.5. The van der Waals surface area contributed by atoms with Gasteiger partial charge in [0.15, 0.2) is 0 Å². The highest BCUT2D eigenvalue weighted by atomic mass is 32.2. The third kappa shape index (κ3) is 7.16. The van der Waals surface area contributed by atoms with Gasteiger partial charge in [0, 0.05) is 47.4 Å². The fraction of sp³-hybridized carbons (Fsp3) is 1.00. The maximum atomic E-state index is 11.0. The van der Waals surface area contributed by atoms with Crippen molar-refractivity contribution < 1.29 is 9.32 Å². The lowest BCUT2D eigenvalue weighted by molar-refractivity contribution is 0.158. The molecule has 0 saturated heterocycles. The van der Waals surface area contributed by atoms with Crippen LogP contribution in [0.25, 0.3) is 0 Å². The first-order valence-electron chi connectivity index (χ1n) is 4.68. The van der Waals surface area contributed by atoms with Gasteiger partial charge in [-0.2, -0.15) is 0 Å². The predicted octanol–water partition coefficient (Wildman–Crippen LogP) is 0.363. The van der Waals surface area contributed by atoms with E-state index >= 15 is 0 Å². The van der Waals surface area contributed by atoms with Crippen molar-refractivity contribution in [3.63, 3.8) is 0 Å². The van der Waals surface area contributed by atoms with Gasteiger partial charge in [-0.25, -0.2) is 0 Å². The monoisotopic (exact) mass is 207 g/mol. The Morgan fingerprint density at radius 2 is 2.08 bits per heavy atom. The minimum Gasteiger partial charge on any atom is -0.396 e. The van der Waals surface area contributed by atoms with E-state index in [1.54, 1.807) is 0 Å². The predicted molar refractivity (Wildman–Crippen MR) is 57.3 cm³/mol. The van der Waals surface area contributed by atoms with E-state index in [4.69, 9.17) is 5.11 Å². The van der Waals surface area contributed by atoms with Crippen LogP contribution in [0.3, 0.4) is 0 Å². The Balaban J connectivity index is 3.41. The Morgan fingerprint density at radius 1 is 1.46 bits per heavy atom. The lowest BCUT2D eigenvalue weighted by atomic mass is 9.95. The number of rotatable bonds is 7. The third-order valence-corrected chi connectivity index (χ3v) is 3.16. The summed E-state index contributed by atoms with van der Waals surface area (Å²) < 4.78 is 11.0. The summed E-state index contributed by atoms with van der Waals surface area (Å²) in [6, 6.07) is 0. The zero-order valence-corrected chi connectivity index (χ0v) is 9.62. The minimum absolute atomic E-state index is 0.0757. The topological polar surface area (TPSA) is 49.3 Å². The van der Waals surface area contributed by atoms with Gasteiger partial charge in [0.25, 0.3) is 0 Å². The van der Waals surface area contributed by atoms with Crippen molar-refractivity contribution in [3.8, 4) is 0 Å². The fourth-order valence-electron chi connectivity index (χ4n) is 0.813. The van der Waals surface area contributed by atoms with Gasteiger partial charge in [-0.3, -0.25) is 4.21 Å². The summed E-state index contributed by atoms with van der Waals surface area (Å²) in [6.45, 7) is 7.63. The van der Waals surface area contributed by atoms with Gasteiger partial charge < -0.3 is 10.4 Å². The molecule has 0 aliphatic heterocycles. The summed E-state index contributed by atoms with van der Waals surface area (Å²) in [5.74, 6) is 1.43. The number of nitrogens with one attached hydrogen (secondary N) is 1. The maximum absolute atomic E-state index is 11.0. The molecule has 1 atom stereocenters. The van der Waals surface area contributed by atoms with Crippen molar-refractivity contribution >= 4 is 10.8 Å². The zero-order chi connectivity index (χ0) is 10.3. The van der Waals surface area contributed by atoms with Crippen LogP contribution in [0, 0.1) is 5.41 Å². The molecule has 0 spiro atoms. The first-order chi connectivity index (χ1) is 6.02. The van der Waals surface area contributed by atoms with E-state index in [1.807, 2.05) is 20.8 Å². The Labute approximate surface area is 83.4 Å². The first kappa shape index (κ1) is 13.1. The molecule has 4 heteroatoms. The summed E-state index contributed by atoms with van der Waals surface area (Å²) in [6.07, 6.45) is 0. The molecule has 0 amide bonds. The Hall–Kier alpha value is 0.0700. The average Bonchev–Trinajstić information content (AvgIpc) is 2.12. The van der Waals surface area contributed by atoms with E-state index in [9.17, 15) is 4.21 Å². The highest BCUT2D eigenvalue weighted by molar-refractivity contribution is 7.84. The number of aliphatic hydroxyl groups excluding tert-OH is 1. The maximum Gasteiger partial charge on any atom is 0.0494 e. The minimum atomic E-state index is -0.682. The molecule has 0 rings (SSSR count). The average molecular weight is 207 g/mol. The van der Waals surface area contributed by atoms with E-state index in [2.05, 4.69) is 5.32 Å². The lowest BCUT2D eigenvalue weighted by Gasteiger charge is -2.21.